The molecule has 3 aromatic rings. The Hall–Kier alpha value is -3.54. The fourth-order valence-electron chi connectivity index (χ4n) is 2.61. The van der Waals surface area contributed by atoms with Crippen LogP contribution in [0.2, 0.25) is 0 Å². The molecule has 1 aromatic heterocycles. The van der Waals surface area contributed by atoms with Crippen LogP contribution >= 0.6 is 0 Å². The lowest BCUT2D eigenvalue weighted by molar-refractivity contribution is 0.467. The van der Waals surface area contributed by atoms with E-state index in [0.717, 1.165) is 22.3 Å². The smallest absolute Gasteiger partial charge is 0.199 e. The molecule has 0 spiro atoms. The quantitative estimate of drug-likeness (QED) is 0.327. The highest BCUT2D eigenvalue weighted by atomic mass is 16.3. The number of phenolic OH excluding ortho intramolecular Hbond substituents is 2. The van der Waals surface area contributed by atoms with E-state index in [4.69, 9.17) is 5.73 Å². The first-order valence-corrected chi connectivity index (χ1v) is 8.10. The molecule has 0 atom stereocenters. The minimum absolute atomic E-state index is 0.0898. The van der Waals surface area contributed by atoms with Gasteiger partial charge in [0.15, 0.2) is 11.8 Å². The highest BCUT2D eigenvalue weighted by Crippen LogP contribution is 2.29. The van der Waals surface area contributed by atoms with Crippen LogP contribution in [0.25, 0.3) is 11.1 Å². The van der Waals surface area contributed by atoms with Gasteiger partial charge in [-0.25, -0.2) is 4.98 Å². The molecule has 6 heteroatoms. The van der Waals surface area contributed by atoms with Gasteiger partial charge in [0.1, 0.15) is 11.5 Å². The molecule has 132 valence electrons. The van der Waals surface area contributed by atoms with E-state index >= 15 is 0 Å². The molecule has 0 unspecified atom stereocenters. The summed E-state index contributed by atoms with van der Waals surface area (Å²) in [5.74, 6) is 0.974. The van der Waals surface area contributed by atoms with Gasteiger partial charge in [-0.1, -0.05) is 12.1 Å². The summed E-state index contributed by atoms with van der Waals surface area (Å²) in [5.41, 5.74) is 9.87. The van der Waals surface area contributed by atoms with E-state index in [1.165, 1.54) is 0 Å². The molecule has 2 aromatic carbocycles. The van der Waals surface area contributed by atoms with Crippen LogP contribution in [0, 0.1) is 13.8 Å². The van der Waals surface area contributed by atoms with Gasteiger partial charge < -0.3 is 21.3 Å². The van der Waals surface area contributed by atoms with E-state index in [0.29, 0.717) is 17.3 Å². The standard InChI is InChI=1S/C20H20N4O2/c1-12-9-15(10-13(2)19(12)26)14-7-8-18(22-11-14)24-20(21)23-16-5-3-4-6-17(16)25/h3-11,25-26H,1-2H3,(H3,21,22,23,24). The molecule has 0 aliphatic heterocycles. The summed E-state index contributed by atoms with van der Waals surface area (Å²) in [5, 5.41) is 22.5. The number of aliphatic imine (C=N–C) groups is 1. The van der Waals surface area contributed by atoms with E-state index in [1.54, 1.807) is 36.5 Å². The number of hydrogen-bond donors (Lipinski definition) is 4. The average molecular weight is 348 g/mol. The number of aryl methyl sites for hydroxylation is 2. The maximum absolute atomic E-state index is 9.89. The second kappa shape index (κ2) is 7.14. The van der Waals surface area contributed by atoms with Gasteiger partial charge in [-0.2, -0.15) is 4.99 Å². The summed E-state index contributed by atoms with van der Waals surface area (Å²) in [7, 11) is 0. The molecule has 0 fully saturated rings. The summed E-state index contributed by atoms with van der Waals surface area (Å²) in [6.45, 7) is 3.73. The lowest BCUT2D eigenvalue weighted by Gasteiger charge is -2.09. The number of guanidine groups is 1. The zero-order valence-electron chi connectivity index (χ0n) is 14.6. The number of nitrogens with one attached hydrogen (secondary N) is 1. The molecule has 0 bridgehead atoms. The lowest BCUT2D eigenvalue weighted by atomic mass is 10.0. The number of nitrogens with two attached hydrogens (primary N) is 1. The van der Waals surface area contributed by atoms with Crippen molar-refractivity contribution >= 4 is 17.5 Å². The first-order valence-electron chi connectivity index (χ1n) is 8.10. The molecule has 0 aliphatic rings. The number of para-hydroxylation sites is 2. The molecule has 0 saturated heterocycles. The summed E-state index contributed by atoms with van der Waals surface area (Å²) >= 11 is 0. The maximum Gasteiger partial charge on any atom is 0.199 e. The van der Waals surface area contributed by atoms with Crippen molar-refractivity contribution < 1.29 is 10.2 Å². The number of aromatic nitrogens is 1. The number of anilines is 1. The van der Waals surface area contributed by atoms with Crippen molar-refractivity contribution in [2.75, 3.05) is 5.32 Å². The minimum Gasteiger partial charge on any atom is -0.507 e. The van der Waals surface area contributed by atoms with Crippen LogP contribution in [0.1, 0.15) is 11.1 Å². The number of rotatable bonds is 3. The fourth-order valence-corrected chi connectivity index (χ4v) is 2.61. The SMILES string of the molecule is Cc1cc(-c2ccc(N=C(N)Nc3ccccc3O)nc2)cc(C)c1O. The number of nitrogens with zero attached hydrogens (tertiary/aromatic N) is 2. The summed E-state index contributed by atoms with van der Waals surface area (Å²) < 4.78 is 0. The number of phenols is 2. The predicted molar refractivity (Wildman–Crippen MR) is 104 cm³/mol. The van der Waals surface area contributed by atoms with Gasteiger partial charge in [-0.05, 0) is 66.9 Å². The Labute approximate surface area is 151 Å². The number of pyridine rings is 1. The zero-order valence-corrected chi connectivity index (χ0v) is 14.6. The molecule has 0 radical (unpaired) electrons. The highest BCUT2D eigenvalue weighted by Gasteiger charge is 2.06. The van der Waals surface area contributed by atoms with Gasteiger partial charge in [0, 0.05) is 11.8 Å². The van der Waals surface area contributed by atoms with Crippen LogP contribution in [0.5, 0.6) is 11.5 Å². The summed E-state index contributed by atoms with van der Waals surface area (Å²) in [6.07, 6.45) is 1.71. The normalized spacial score (nSPS) is 11.4. The van der Waals surface area contributed by atoms with E-state index < -0.39 is 0 Å². The fraction of sp³-hybridized carbons (Fsp3) is 0.100. The van der Waals surface area contributed by atoms with Gasteiger partial charge in [0.25, 0.3) is 0 Å². The van der Waals surface area contributed by atoms with Crippen LogP contribution < -0.4 is 11.1 Å². The third-order valence-corrected chi connectivity index (χ3v) is 3.97. The van der Waals surface area contributed by atoms with Crippen LogP contribution in [-0.2, 0) is 0 Å². The van der Waals surface area contributed by atoms with E-state index in [-0.39, 0.29) is 11.7 Å². The Balaban J connectivity index is 1.80. The van der Waals surface area contributed by atoms with Crippen molar-refractivity contribution in [3.8, 4) is 22.6 Å². The van der Waals surface area contributed by atoms with Gasteiger partial charge in [-0.15, -0.1) is 0 Å². The van der Waals surface area contributed by atoms with Crippen LogP contribution in [0.3, 0.4) is 0 Å². The molecular formula is C20H20N4O2. The lowest BCUT2D eigenvalue weighted by Crippen LogP contribution is -2.22. The predicted octanol–water partition coefficient (Wildman–Crippen LogP) is 3.83. The van der Waals surface area contributed by atoms with E-state index in [2.05, 4.69) is 15.3 Å². The Morgan fingerprint density at radius 3 is 2.31 bits per heavy atom. The van der Waals surface area contributed by atoms with Crippen LogP contribution in [-0.4, -0.2) is 21.2 Å². The van der Waals surface area contributed by atoms with Crippen molar-refractivity contribution in [3.05, 3.63) is 65.9 Å². The maximum atomic E-state index is 9.89. The summed E-state index contributed by atoms with van der Waals surface area (Å²) in [6, 6.07) is 14.2. The average Bonchev–Trinajstić information content (AvgIpc) is 2.62. The molecule has 26 heavy (non-hydrogen) atoms. The number of benzene rings is 2. The van der Waals surface area contributed by atoms with Gasteiger partial charge in [0.2, 0.25) is 0 Å². The number of hydrogen-bond acceptors (Lipinski definition) is 4. The van der Waals surface area contributed by atoms with Crippen molar-refractivity contribution in [2.24, 2.45) is 10.7 Å². The van der Waals surface area contributed by atoms with E-state index in [1.807, 2.05) is 32.0 Å². The molecule has 0 amide bonds. The monoisotopic (exact) mass is 348 g/mol. The van der Waals surface area contributed by atoms with Gasteiger partial charge in [-0.3, -0.25) is 0 Å². The highest BCUT2D eigenvalue weighted by molar-refractivity contribution is 5.95. The minimum atomic E-state index is 0.0898. The van der Waals surface area contributed by atoms with Crippen molar-refractivity contribution in [1.82, 2.24) is 4.98 Å². The van der Waals surface area contributed by atoms with Gasteiger partial charge >= 0.3 is 0 Å². The van der Waals surface area contributed by atoms with Crippen LogP contribution in [0.4, 0.5) is 11.5 Å². The largest absolute Gasteiger partial charge is 0.507 e. The second-order valence-electron chi connectivity index (χ2n) is 6.00. The molecule has 3 rings (SSSR count). The molecule has 5 N–H and O–H groups in total. The molecule has 0 saturated carbocycles. The zero-order chi connectivity index (χ0) is 18.7. The van der Waals surface area contributed by atoms with Crippen molar-refractivity contribution in [2.45, 2.75) is 13.8 Å². The number of aromatic hydroxyl groups is 2. The van der Waals surface area contributed by atoms with Crippen LogP contribution in [0.15, 0.2) is 59.7 Å². The molecule has 6 nitrogen and oxygen atoms in total. The van der Waals surface area contributed by atoms with Crippen molar-refractivity contribution in [1.29, 1.82) is 0 Å². The Morgan fingerprint density at radius 2 is 1.69 bits per heavy atom. The Bertz CT molecular complexity index is 943. The molecular weight excluding hydrogens is 328 g/mol. The van der Waals surface area contributed by atoms with Crippen molar-refractivity contribution in [3.63, 3.8) is 0 Å². The third kappa shape index (κ3) is 3.75. The summed E-state index contributed by atoms with van der Waals surface area (Å²) in [4.78, 5) is 8.51. The van der Waals surface area contributed by atoms with Gasteiger partial charge in [0.05, 0.1) is 5.69 Å². The molecule has 1 heterocycles. The van der Waals surface area contributed by atoms with E-state index in [9.17, 15) is 10.2 Å². The third-order valence-electron chi connectivity index (χ3n) is 3.97. The first-order chi connectivity index (χ1) is 12.4. The Kier molecular flexibility index (Phi) is 4.75. The Morgan fingerprint density at radius 1 is 1.00 bits per heavy atom. The second-order valence-corrected chi connectivity index (χ2v) is 6.00. The topological polar surface area (TPSA) is 104 Å². The molecule has 0 aliphatic carbocycles. The first kappa shape index (κ1) is 17.3.